The van der Waals surface area contributed by atoms with Gasteiger partial charge in [-0.15, -0.1) is 0 Å². The predicted octanol–water partition coefficient (Wildman–Crippen LogP) is 1.53. The Morgan fingerprint density at radius 3 is 2.42 bits per heavy atom. The summed E-state index contributed by atoms with van der Waals surface area (Å²) in [5, 5.41) is 3.57. The Balaban J connectivity index is 2.33. The first kappa shape index (κ1) is 13.3. The Morgan fingerprint density at radius 2 is 1.89 bits per heavy atom. The molecule has 0 amide bonds. The molecular formula is C12H11NO5S. The average molecular weight is 281 g/mol. The van der Waals surface area contributed by atoms with Crippen molar-refractivity contribution in [1.82, 2.24) is 5.16 Å². The normalized spacial score (nSPS) is 11.3. The number of hydrogen-bond donors (Lipinski definition) is 0. The lowest BCUT2D eigenvalue weighted by Crippen LogP contribution is -2.00. The highest BCUT2D eigenvalue weighted by Crippen LogP contribution is 2.22. The molecule has 1 aromatic heterocycles. The Bertz CT molecular complexity index is 700. The first-order valence-electron chi connectivity index (χ1n) is 5.27. The Labute approximate surface area is 109 Å². The molecule has 0 bridgehead atoms. The fourth-order valence-electron chi connectivity index (χ4n) is 1.48. The Hall–Kier alpha value is -2.15. The highest BCUT2D eigenvalue weighted by atomic mass is 32.2. The smallest absolute Gasteiger partial charge is 0.360 e. The van der Waals surface area contributed by atoms with E-state index in [2.05, 4.69) is 9.89 Å². The molecule has 0 spiro atoms. The molecule has 100 valence electrons. The number of methoxy groups -OCH3 is 1. The third-order valence-electron chi connectivity index (χ3n) is 2.47. The molecule has 0 saturated carbocycles. The highest BCUT2D eigenvalue weighted by Gasteiger charge is 2.14. The second kappa shape index (κ2) is 4.85. The number of nitrogens with zero attached hydrogens (tertiary/aromatic N) is 1. The lowest BCUT2D eigenvalue weighted by molar-refractivity contribution is 0.0589. The maximum Gasteiger partial charge on any atom is 0.360 e. The van der Waals surface area contributed by atoms with Gasteiger partial charge in [-0.2, -0.15) is 0 Å². The van der Waals surface area contributed by atoms with Gasteiger partial charge in [0, 0.05) is 17.9 Å². The van der Waals surface area contributed by atoms with E-state index in [9.17, 15) is 13.2 Å². The first-order valence-corrected chi connectivity index (χ1v) is 7.16. The van der Waals surface area contributed by atoms with Gasteiger partial charge in [0.25, 0.3) is 0 Å². The molecule has 0 aliphatic heterocycles. The van der Waals surface area contributed by atoms with Crippen molar-refractivity contribution in [2.45, 2.75) is 4.90 Å². The van der Waals surface area contributed by atoms with E-state index in [0.29, 0.717) is 11.3 Å². The molecule has 2 aromatic rings. The van der Waals surface area contributed by atoms with E-state index < -0.39 is 15.8 Å². The van der Waals surface area contributed by atoms with E-state index in [1.54, 1.807) is 12.1 Å². The molecule has 0 unspecified atom stereocenters. The first-order chi connectivity index (χ1) is 8.91. The molecule has 19 heavy (non-hydrogen) atoms. The molecule has 1 heterocycles. The zero-order valence-electron chi connectivity index (χ0n) is 10.3. The van der Waals surface area contributed by atoms with Crippen molar-refractivity contribution < 1.29 is 22.5 Å². The number of sulfone groups is 1. The van der Waals surface area contributed by atoms with Gasteiger partial charge in [-0.3, -0.25) is 0 Å². The van der Waals surface area contributed by atoms with Crippen LogP contribution in [0.25, 0.3) is 11.3 Å². The summed E-state index contributed by atoms with van der Waals surface area (Å²) < 4.78 is 32.1. The molecular weight excluding hydrogens is 270 g/mol. The van der Waals surface area contributed by atoms with Gasteiger partial charge in [0.2, 0.25) is 0 Å². The van der Waals surface area contributed by atoms with Crippen LogP contribution in [0.5, 0.6) is 0 Å². The van der Waals surface area contributed by atoms with Gasteiger partial charge in [0.05, 0.1) is 12.0 Å². The minimum absolute atomic E-state index is 0.0599. The van der Waals surface area contributed by atoms with E-state index in [1.165, 1.54) is 25.3 Å². The summed E-state index contributed by atoms with van der Waals surface area (Å²) in [6.45, 7) is 0. The van der Waals surface area contributed by atoms with Crippen LogP contribution in [0.1, 0.15) is 10.5 Å². The highest BCUT2D eigenvalue weighted by molar-refractivity contribution is 7.90. The maximum absolute atomic E-state index is 11.3. The molecule has 0 fully saturated rings. The van der Waals surface area contributed by atoms with Crippen LogP contribution < -0.4 is 0 Å². The SMILES string of the molecule is COC(=O)c1cc(-c2ccc(S(C)(=O)=O)cc2)on1. The van der Waals surface area contributed by atoms with Crippen LogP contribution in [-0.4, -0.2) is 32.9 Å². The number of benzene rings is 1. The molecule has 0 atom stereocenters. The molecule has 7 heteroatoms. The molecule has 6 nitrogen and oxygen atoms in total. The molecule has 0 radical (unpaired) electrons. The maximum atomic E-state index is 11.3. The van der Waals surface area contributed by atoms with E-state index in [4.69, 9.17) is 4.52 Å². The van der Waals surface area contributed by atoms with Gasteiger partial charge in [-0.25, -0.2) is 13.2 Å². The summed E-state index contributed by atoms with van der Waals surface area (Å²) in [5.41, 5.74) is 0.680. The van der Waals surface area contributed by atoms with Crippen molar-refractivity contribution in [3.63, 3.8) is 0 Å². The van der Waals surface area contributed by atoms with Gasteiger partial charge in [0.1, 0.15) is 0 Å². The summed E-state index contributed by atoms with van der Waals surface area (Å²) in [5.74, 6) is -0.233. The van der Waals surface area contributed by atoms with Gasteiger partial charge >= 0.3 is 5.97 Å². The van der Waals surface area contributed by atoms with E-state index in [-0.39, 0.29) is 10.6 Å². The number of rotatable bonds is 3. The molecule has 0 aliphatic carbocycles. The van der Waals surface area contributed by atoms with Crippen molar-refractivity contribution >= 4 is 15.8 Å². The summed E-state index contributed by atoms with van der Waals surface area (Å²) in [6.07, 6.45) is 1.13. The lowest BCUT2D eigenvalue weighted by Gasteiger charge is -1.99. The van der Waals surface area contributed by atoms with Gasteiger partial charge in [-0.05, 0) is 24.3 Å². The van der Waals surface area contributed by atoms with Crippen LogP contribution in [0.15, 0.2) is 39.8 Å². The quantitative estimate of drug-likeness (QED) is 0.793. The average Bonchev–Trinajstić information content (AvgIpc) is 2.86. The van der Waals surface area contributed by atoms with Crippen LogP contribution in [-0.2, 0) is 14.6 Å². The van der Waals surface area contributed by atoms with Crippen molar-refractivity contribution in [3.05, 3.63) is 36.0 Å². The zero-order valence-corrected chi connectivity index (χ0v) is 11.1. The molecule has 0 saturated heterocycles. The summed E-state index contributed by atoms with van der Waals surface area (Å²) in [7, 11) is -1.99. The summed E-state index contributed by atoms with van der Waals surface area (Å²) in [4.78, 5) is 11.4. The topological polar surface area (TPSA) is 86.5 Å². The second-order valence-corrected chi connectivity index (χ2v) is 5.88. The third-order valence-corrected chi connectivity index (χ3v) is 3.60. The molecule has 0 aliphatic rings. The van der Waals surface area contributed by atoms with Crippen molar-refractivity contribution in [1.29, 1.82) is 0 Å². The molecule has 2 rings (SSSR count). The monoisotopic (exact) mass is 281 g/mol. The third kappa shape index (κ3) is 2.82. The number of ether oxygens (including phenoxy) is 1. The second-order valence-electron chi connectivity index (χ2n) is 3.86. The van der Waals surface area contributed by atoms with Gasteiger partial charge in [-0.1, -0.05) is 5.16 Å². The Kier molecular flexibility index (Phi) is 3.39. The number of hydrogen-bond acceptors (Lipinski definition) is 6. The minimum atomic E-state index is -3.23. The van der Waals surface area contributed by atoms with Gasteiger partial charge < -0.3 is 9.26 Å². The van der Waals surface area contributed by atoms with E-state index in [0.717, 1.165) is 6.26 Å². The molecule has 0 N–H and O–H groups in total. The van der Waals surface area contributed by atoms with Crippen LogP contribution in [0, 0.1) is 0 Å². The van der Waals surface area contributed by atoms with Crippen LogP contribution >= 0.6 is 0 Å². The molecule has 1 aromatic carbocycles. The minimum Gasteiger partial charge on any atom is -0.464 e. The van der Waals surface area contributed by atoms with Crippen LogP contribution in [0.4, 0.5) is 0 Å². The van der Waals surface area contributed by atoms with E-state index >= 15 is 0 Å². The summed E-state index contributed by atoms with van der Waals surface area (Å²) >= 11 is 0. The fraction of sp³-hybridized carbons (Fsp3) is 0.167. The van der Waals surface area contributed by atoms with Crippen LogP contribution in [0.2, 0.25) is 0 Å². The fourth-order valence-corrected chi connectivity index (χ4v) is 2.11. The predicted molar refractivity (Wildman–Crippen MR) is 66.4 cm³/mol. The summed E-state index contributed by atoms with van der Waals surface area (Å²) in [6, 6.07) is 7.52. The van der Waals surface area contributed by atoms with Crippen molar-refractivity contribution in [3.8, 4) is 11.3 Å². The number of aromatic nitrogens is 1. The number of carbonyl (C=O) groups is 1. The van der Waals surface area contributed by atoms with Crippen LogP contribution in [0.3, 0.4) is 0 Å². The van der Waals surface area contributed by atoms with Crippen molar-refractivity contribution in [2.24, 2.45) is 0 Å². The number of carbonyl (C=O) groups excluding carboxylic acids is 1. The largest absolute Gasteiger partial charge is 0.464 e. The van der Waals surface area contributed by atoms with Crippen molar-refractivity contribution in [2.75, 3.05) is 13.4 Å². The zero-order chi connectivity index (χ0) is 14.0. The van der Waals surface area contributed by atoms with Gasteiger partial charge in [0.15, 0.2) is 21.3 Å². The lowest BCUT2D eigenvalue weighted by atomic mass is 10.1. The standard InChI is InChI=1S/C12H11NO5S/c1-17-12(14)10-7-11(18-13-10)8-3-5-9(6-4-8)19(2,15)16/h3-7H,1-2H3. The number of esters is 1. The van der Waals surface area contributed by atoms with E-state index in [1.807, 2.05) is 0 Å². The Morgan fingerprint density at radius 1 is 1.26 bits per heavy atom.